The third kappa shape index (κ3) is 7.06. The molecular formula is C38H50ClNO7. The summed E-state index contributed by atoms with van der Waals surface area (Å²) in [5.74, 6) is 1.67. The van der Waals surface area contributed by atoms with E-state index in [1.807, 2.05) is 30.3 Å². The topological polar surface area (TPSA) is 92.7 Å². The molecule has 0 aromatic heterocycles. The van der Waals surface area contributed by atoms with E-state index in [9.17, 15) is 9.59 Å². The zero-order valence-electron chi connectivity index (χ0n) is 28.4. The van der Waals surface area contributed by atoms with Crippen molar-refractivity contribution in [2.24, 2.45) is 39.7 Å². The number of rotatable bonds is 9. The van der Waals surface area contributed by atoms with Crippen molar-refractivity contribution in [3.63, 3.8) is 0 Å². The van der Waals surface area contributed by atoms with Crippen LogP contribution < -0.4 is 0 Å². The number of carbonyl (C=O) groups excluding carboxylic acids is 2. The van der Waals surface area contributed by atoms with Gasteiger partial charge in [0.05, 0.1) is 11.8 Å². The van der Waals surface area contributed by atoms with Gasteiger partial charge in [-0.25, -0.2) is 0 Å². The second kappa shape index (κ2) is 14.0. The average Bonchev–Trinajstić information content (AvgIpc) is 3.39. The van der Waals surface area contributed by atoms with Gasteiger partial charge in [0.15, 0.2) is 6.29 Å². The molecule has 1 aromatic carbocycles. The standard InChI is InChI=1S/C38H50ClNO7/c1-23(40-44-21-26-8-6-7-9-33(26)39)30-12-13-31-29-11-10-27-20-28(16-18-37(27,4)32(29)17-19-38(30,31)5)46-36-15-14-34(45-25(3)42)35(47-36)22-43-24(2)41/h6-10,14-15,28-32,34-36H,11-13,16-22H2,1-5H3/b40-23+/t28-,29?,30+,31?,32?,34-,35+,36?,37-,38+/m0/s1. The summed E-state index contributed by atoms with van der Waals surface area (Å²) in [5.41, 5.74) is 4.03. The number of hydrogen-bond acceptors (Lipinski definition) is 8. The van der Waals surface area contributed by atoms with E-state index < -0.39 is 30.4 Å². The molecule has 47 heavy (non-hydrogen) atoms. The first-order chi connectivity index (χ1) is 22.5. The highest BCUT2D eigenvalue weighted by Gasteiger charge is 2.59. The van der Waals surface area contributed by atoms with Crippen molar-refractivity contribution in [1.82, 2.24) is 0 Å². The van der Waals surface area contributed by atoms with E-state index in [4.69, 9.17) is 35.4 Å². The van der Waals surface area contributed by atoms with Crippen LogP contribution in [0.15, 0.2) is 53.2 Å². The van der Waals surface area contributed by atoms with Gasteiger partial charge in [-0.05, 0) is 105 Å². The summed E-state index contributed by atoms with van der Waals surface area (Å²) in [6.07, 6.45) is 13.3. The fourth-order valence-electron chi connectivity index (χ4n) is 9.84. The van der Waals surface area contributed by atoms with E-state index in [0.29, 0.717) is 35.3 Å². The second-order valence-corrected chi connectivity index (χ2v) is 15.2. The van der Waals surface area contributed by atoms with Gasteiger partial charge >= 0.3 is 11.9 Å². The van der Waals surface area contributed by atoms with Crippen molar-refractivity contribution >= 4 is 29.3 Å². The predicted molar refractivity (Wildman–Crippen MR) is 179 cm³/mol. The van der Waals surface area contributed by atoms with Crippen molar-refractivity contribution in [2.45, 2.75) is 117 Å². The lowest BCUT2D eigenvalue weighted by Gasteiger charge is -2.58. The van der Waals surface area contributed by atoms with Crippen molar-refractivity contribution < 1.29 is 33.4 Å². The Bertz CT molecular complexity index is 1420. The van der Waals surface area contributed by atoms with Crippen LogP contribution >= 0.6 is 11.6 Å². The zero-order chi connectivity index (χ0) is 33.3. The van der Waals surface area contributed by atoms with Gasteiger partial charge in [-0.15, -0.1) is 0 Å². The number of carbonyl (C=O) groups is 2. The average molecular weight is 668 g/mol. The third-order valence-corrected chi connectivity index (χ3v) is 12.5. The van der Waals surface area contributed by atoms with Crippen LogP contribution in [0.1, 0.15) is 91.5 Å². The van der Waals surface area contributed by atoms with Crippen molar-refractivity contribution in [1.29, 1.82) is 0 Å². The first-order valence-electron chi connectivity index (χ1n) is 17.4. The highest BCUT2D eigenvalue weighted by molar-refractivity contribution is 6.31. The first kappa shape index (κ1) is 34.2. The Kier molecular flexibility index (Phi) is 10.2. The summed E-state index contributed by atoms with van der Waals surface area (Å²) < 4.78 is 23.2. The monoisotopic (exact) mass is 667 g/mol. The summed E-state index contributed by atoms with van der Waals surface area (Å²) in [4.78, 5) is 28.9. The highest BCUT2D eigenvalue weighted by atomic mass is 35.5. The maximum atomic E-state index is 11.6. The smallest absolute Gasteiger partial charge is 0.303 e. The van der Waals surface area contributed by atoms with Gasteiger partial charge in [-0.3, -0.25) is 9.59 Å². The van der Waals surface area contributed by atoms with E-state index in [0.717, 1.165) is 37.0 Å². The van der Waals surface area contributed by atoms with Gasteiger partial charge in [-0.2, -0.15) is 0 Å². The van der Waals surface area contributed by atoms with E-state index in [-0.39, 0.29) is 23.5 Å². The van der Waals surface area contributed by atoms with Crippen LogP contribution in [0.3, 0.4) is 0 Å². The highest BCUT2D eigenvalue weighted by Crippen LogP contribution is 2.66. The van der Waals surface area contributed by atoms with Gasteiger partial charge in [0.25, 0.3) is 0 Å². The number of oxime groups is 1. The summed E-state index contributed by atoms with van der Waals surface area (Å²) in [6.45, 7) is 10.3. The maximum Gasteiger partial charge on any atom is 0.303 e. The molecule has 4 unspecified atom stereocenters. The second-order valence-electron chi connectivity index (χ2n) is 14.8. The number of esters is 2. The number of hydrogen-bond donors (Lipinski definition) is 0. The Labute approximate surface area is 284 Å². The van der Waals surface area contributed by atoms with Crippen LogP contribution in [0.2, 0.25) is 5.02 Å². The minimum atomic E-state index is -0.623. The molecule has 3 saturated carbocycles. The quantitative estimate of drug-likeness (QED) is 0.114. The minimum Gasteiger partial charge on any atom is -0.463 e. The van der Waals surface area contributed by atoms with Crippen LogP contribution in [-0.4, -0.2) is 48.9 Å². The van der Waals surface area contributed by atoms with Gasteiger partial charge < -0.3 is 23.8 Å². The van der Waals surface area contributed by atoms with Crippen LogP contribution in [0.5, 0.6) is 0 Å². The molecule has 3 fully saturated rings. The number of benzene rings is 1. The lowest BCUT2D eigenvalue weighted by Crippen LogP contribution is -2.51. The van der Waals surface area contributed by atoms with E-state index in [1.54, 1.807) is 6.08 Å². The van der Waals surface area contributed by atoms with Crippen molar-refractivity contribution in [3.8, 4) is 0 Å². The molecule has 0 amide bonds. The van der Waals surface area contributed by atoms with Crippen molar-refractivity contribution in [2.75, 3.05) is 6.61 Å². The fourth-order valence-corrected chi connectivity index (χ4v) is 10.0. The fraction of sp³-hybridized carbons (Fsp3) is 0.658. The Morgan fingerprint density at radius 1 is 1.00 bits per heavy atom. The molecule has 1 aliphatic heterocycles. The summed E-state index contributed by atoms with van der Waals surface area (Å²) in [6, 6.07) is 7.78. The van der Waals surface area contributed by atoms with E-state index in [1.165, 1.54) is 45.1 Å². The normalized spacial score (nSPS) is 38.0. The maximum absolute atomic E-state index is 11.6. The van der Waals surface area contributed by atoms with Gasteiger partial charge in [0.1, 0.15) is 25.4 Å². The Morgan fingerprint density at radius 2 is 1.81 bits per heavy atom. The number of ether oxygens (including phenoxy) is 4. The molecule has 6 rings (SSSR count). The van der Waals surface area contributed by atoms with Crippen LogP contribution in [0.25, 0.3) is 0 Å². The molecule has 0 radical (unpaired) electrons. The summed E-state index contributed by atoms with van der Waals surface area (Å²) in [7, 11) is 0. The third-order valence-electron chi connectivity index (χ3n) is 12.2. The molecule has 1 aromatic rings. The molecule has 0 saturated heterocycles. The molecule has 5 aliphatic rings. The molecule has 0 N–H and O–H groups in total. The molecule has 9 heteroatoms. The van der Waals surface area contributed by atoms with Crippen molar-refractivity contribution in [3.05, 3.63) is 58.7 Å². The number of halogens is 1. The van der Waals surface area contributed by atoms with Crippen LogP contribution in [0, 0.1) is 34.5 Å². The predicted octanol–water partition coefficient (Wildman–Crippen LogP) is 7.97. The lowest BCUT2D eigenvalue weighted by molar-refractivity contribution is -0.213. The van der Waals surface area contributed by atoms with Gasteiger partial charge in [0.2, 0.25) is 0 Å². The SMILES string of the molecule is CC(=O)OC[C@H]1OC(O[C@H]2CC[C@@]3(C)C(=CCC4C3CC[C@@]3(C)C4CC[C@@H]3/C(C)=N/OCc3ccccc3Cl)C2)C=C[C@@H]1OC(C)=O. The zero-order valence-corrected chi connectivity index (χ0v) is 29.2. The Hall–Kier alpha value is -2.68. The molecule has 1 heterocycles. The molecule has 256 valence electrons. The summed E-state index contributed by atoms with van der Waals surface area (Å²) >= 11 is 6.32. The molecule has 0 bridgehead atoms. The molecule has 10 atom stereocenters. The number of nitrogens with zero attached hydrogens (tertiary/aromatic N) is 1. The van der Waals surface area contributed by atoms with Crippen LogP contribution in [-0.2, 0) is 40.0 Å². The van der Waals surface area contributed by atoms with E-state index in [2.05, 4.69) is 32.0 Å². The van der Waals surface area contributed by atoms with Gasteiger partial charge in [-0.1, -0.05) is 60.5 Å². The number of allylic oxidation sites excluding steroid dienone is 1. The van der Waals surface area contributed by atoms with Gasteiger partial charge in [0, 0.05) is 30.4 Å². The molecule has 0 spiro atoms. The Balaban J connectivity index is 1.08. The molecule has 8 nitrogen and oxygen atoms in total. The lowest BCUT2D eigenvalue weighted by atomic mass is 9.47. The van der Waals surface area contributed by atoms with E-state index >= 15 is 0 Å². The largest absolute Gasteiger partial charge is 0.463 e. The minimum absolute atomic E-state index is 0.00363. The Morgan fingerprint density at radius 3 is 2.57 bits per heavy atom. The summed E-state index contributed by atoms with van der Waals surface area (Å²) in [5, 5.41) is 5.34. The molecule has 4 aliphatic carbocycles. The molecular weight excluding hydrogens is 618 g/mol. The first-order valence-corrected chi connectivity index (χ1v) is 17.7. The van der Waals surface area contributed by atoms with Crippen LogP contribution in [0.4, 0.5) is 0 Å². The number of fused-ring (bicyclic) bond motifs is 5.